The highest BCUT2D eigenvalue weighted by atomic mass is 32.2. The summed E-state index contributed by atoms with van der Waals surface area (Å²) < 4.78 is 23.2. The third-order valence-corrected chi connectivity index (χ3v) is 7.79. The van der Waals surface area contributed by atoms with E-state index in [-0.39, 0.29) is 41.6 Å². The molecule has 0 spiro atoms. The number of anilines is 1. The van der Waals surface area contributed by atoms with Gasteiger partial charge < -0.3 is 14.7 Å². The van der Waals surface area contributed by atoms with E-state index in [0.29, 0.717) is 39.1 Å². The Bertz CT molecular complexity index is 909. The Kier molecular flexibility index (Phi) is 5.33. The molecule has 0 aromatic heterocycles. The fraction of sp³-hybridized carbons (Fsp3) is 0.550. The van der Waals surface area contributed by atoms with Crippen LogP contribution in [0.3, 0.4) is 0 Å². The van der Waals surface area contributed by atoms with E-state index >= 15 is 0 Å². The highest BCUT2D eigenvalue weighted by Gasteiger charge is 2.40. The Balaban J connectivity index is 1.31. The van der Waals surface area contributed by atoms with E-state index in [1.165, 1.54) is 0 Å². The lowest BCUT2D eigenvalue weighted by Gasteiger charge is -2.36. The molecule has 2 atom stereocenters. The second-order valence-electron chi connectivity index (χ2n) is 7.99. The van der Waals surface area contributed by atoms with Gasteiger partial charge in [-0.25, -0.2) is 8.42 Å². The van der Waals surface area contributed by atoms with Crippen LogP contribution in [0.1, 0.15) is 12.8 Å². The van der Waals surface area contributed by atoms with Crippen LogP contribution in [-0.4, -0.2) is 80.2 Å². The van der Waals surface area contributed by atoms with Crippen molar-refractivity contribution in [3.05, 3.63) is 30.3 Å². The Morgan fingerprint density at radius 1 is 0.897 bits per heavy atom. The van der Waals surface area contributed by atoms with Crippen LogP contribution in [0, 0.1) is 11.8 Å². The number of rotatable bonds is 3. The predicted octanol–water partition coefficient (Wildman–Crippen LogP) is 0.145. The molecule has 3 heterocycles. The lowest BCUT2D eigenvalue weighted by atomic mass is 10.1. The Labute approximate surface area is 170 Å². The Hall–Kier alpha value is -2.42. The minimum Gasteiger partial charge on any atom is -0.339 e. The maximum atomic E-state index is 12.9. The van der Waals surface area contributed by atoms with E-state index in [9.17, 15) is 22.8 Å². The molecule has 0 bridgehead atoms. The summed E-state index contributed by atoms with van der Waals surface area (Å²) in [5.41, 5.74) is 0.801. The molecule has 4 rings (SSSR count). The van der Waals surface area contributed by atoms with Crippen molar-refractivity contribution < 1.29 is 22.8 Å². The van der Waals surface area contributed by atoms with Gasteiger partial charge in [0.15, 0.2) is 9.84 Å². The van der Waals surface area contributed by atoms with Gasteiger partial charge in [0.1, 0.15) is 0 Å². The maximum Gasteiger partial charge on any atom is 0.228 e. The van der Waals surface area contributed by atoms with Gasteiger partial charge >= 0.3 is 0 Å². The molecule has 29 heavy (non-hydrogen) atoms. The van der Waals surface area contributed by atoms with Gasteiger partial charge in [0, 0.05) is 44.8 Å². The number of amides is 3. The second kappa shape index (κ2) is 7.78. The lowest BCUT2D eigenvalue weighted by molar-refractivity contribution is -0.143. The third kappa shape index (κ3) is 4.14. The molecule has 0 N–H and O–H groups in total. The van der Waals surface area contributed by atoms with Crippen LogP contribution in [-0.2, 0) is 24.2 Å². The summed E-state index contributed by atoms with van der Waals surface area (Å²) in [4.78, 5) is 42.9. The van der Waals surface area contributed by atoms with Crippen molar-refractivity contribution >= 4 is 33.2 Å². The van der Waals surface area contributed by atoms with Crippen molar-refractivity contribution in [1.29, 1.82) is 0 Å². The smallest absolute Gasteiger partial charge is 0.228 e. The molecule has 1 aromatic carbocycles. The summed E-state index contributed by atoms with van der Waals surface area (Å²) in [6.45, 7) is 2.02. The van der Waals surface area contributed by atoms with Gasteiger partial charge in [-0.2, -0.15) is 0 Å². The van der Waals surface area contributed by atoms with E-state index in [4.69, 9.17) is 0 Å². The van der Waals surface area contributed by atoms with Crippen LogP contribution < -0.4 is 4.90 Å². The van der Waals surface area contributed by atoms with E-state index in [1.54, 1.807) is 14.7 Å². The molecule has 3 aliphatic heterocycles. The van der Waals surface area contributed by atoms with Crippen LogP contribution in [0.5, 0.6) is 0 Å². The first-order chi connectivity index (χ1) is 13.8. The van der Waals surface area contributed by atoms with E-state index in [0.717, 1.165) is 5.69 Å². The fourth-order valence-electron chi connectivity index (χ4n) is 4.38. The molecule has 0 saturated carbocycles. The van der Waals surface area contributed by atoms with Crippen molar-refractivity contribution in [2.75, 3.05) is 49.1 Å². The van der Waals surface area contributed by atoms with E-state index < -0.39 is 15.8 Å². The highest BCUT2D eigenvalue weighted by Crippen LogP contribution is 2.27. The van der Waals surface area contributed by atoms with Crippen LogP contribution in [0.4, 0.5) is 5.69 Å². The SMILES string of the molecule is O=C([C@@H]1CC(=O)N(c2ccccc2)C1)N1CCN(C(=O)[C@@H]2CCS(=O)(=O)C2)CC1. The number of sulfone groups is 1. The molecule has 0 aliphatic carbocycles. The first-order valence-corrected chi connectivity index (χ1v) is 11.8. The Morgan fingerprint density at radius 3 is 2.03 bits per heavy atom. The molecule has 8 nitrogen and oxygen atoms in total. The average Bonchev–Trinajstić information content (AvgIpc) is 3.29. The van der Waals surface area contributed by atoms with Gasteiger partial charge in [-0.05, 0) is 18.6 Å². The van der Waals surface area contributed by atoms with Crippen molar-refractivity contribution in [3.63, 3.8) is 0 Å². The largest absolute Gasteiger partial charge is 0.339 e. The topological polar surface area (TPSA) is 95.1 Å². The molecular formula is C20H25N3O5S. The third-order valence-electron chi connectivity index (χ3n) is 6.03. The molecule has 3 fully saturated rings. The van der Waals surface area contributed by atoms with Crippen LogP contribution in [0.15, 0.2) is 30.3 Å². The first-order valence-electron chi connectivity index (χ1n) is 9.97. The second-order valence-corrected chi connectivity index (χ2v) is 10.2. The number of piperazine rings is 1. The molecule has 3 aliphatic rings. The minimum atomic E-state index is -3.10. The summed E-state index contributed by atoms with van der Waals surface area (Å²) in [7, 11) is -3.10. The van der Waals surface area contributed by atoms with Crippen LogP contribution >= 0.6 is 0 Å². The normalized spacial score (nSPS) is 26.8. The monoisotopic (exact) mass is 419 g/mol. The zero-order valence-corrected chi connectivity index (χ0v) is 17.0. The number of hydrogen-bond donors (Lipinski definition) is 0. The number of carbonyl (C=O) groups is 3. The Morgan fingerprint density at radius 2 is 1.48 bits per heavy atom. The summed E-state index contributed by atoms with van der Waals surface area (Å²) in [6, 6.07) is 9.33. The first kappa shape index (κ1) is 19.9. The number of carbonyl (C=O) groups excluding carboxylic acids is 3. The summed E-state index contributed by atoms with van der Waals surface area (Å²) in [6.07, 6.45) is 0.590. The average molecular weight is 420 g/mol. The number of para-hydroxylation sites is 1. The van der Waals surface area contributed by atoms with Gasteiger partial charge in [-0.1, -0.05) is 18.2 Å². The van der Waals surface area contributed by atoms with Crippen molar-refractivity contribution in [2.24, 2.45) is 11.8 Å². The van der Waals surface area contributed by atoms with Crippen LogP contribution in [0.25, 0.3) is 0 Å². The van der Waals surface area contributed by atoms with E-state index in [1.807, 2.05) is 30.3 Å². The molecule has 1 aromatic rings. The summed E-state index contributed by atoms with van der Waals surface area (Å²) in [5.74, 6) is -1.03. The molecule has 0 unspecified atom stereocenters. The van der Waals surface area contributed by atoms with Crippen molar-refractivity contribution in [3.8, 4) is 0 Å². The highest BCUT2D eigenvalue weighted by molar-refractivity contribution is 7.91. The number of nitrogens with zero attached hydrogens (tertiary/aromatic N) is 3. The van der Waals surface area contributed by atoms with Crippen molar-refractivity contribution in [2.45, 2.75) is 12.8 Å². The predicted molar refractivity (Wildman–Crippen MR) is 107 cm³/mol. The standard InChI is InChI=1S/C20H25N3O5S/c24-18-12-16(13-23(18)17-4-2-1-3-5-17)20(26)22-9-7-21(8-10-22)19(25)15-6-11-29(27,28)14-15/h1-5,15-16H,6-14H2/t15-,16-/m1/s1. The van der Waals surface area contributed by atoms with Crippen molar-refractivity contribution in [1.82, 2.24) is 9.80 Å². The van der Waals surface area contributed by atoms with E-state index in [2.05, 4.69) is 0 Å². The molecule has 0 radical (unpaired) electrons. The summed E-state index contributed by atoms with van der Waals surface area (Å²) >= 11 is 0. The molecule has 156 valence electrons. The molecule has 9 heteroatoms. The maximum absolute atomic E-state index is 12.9. The minimum absolute atomic E-state index is 0.0488. The zero-order chi connectivity index (χ0) is 20.6. The summed E-state index contributed by atoms with van der Waals surface area (Å²) in [5, 5.41) is 0. The van der Waals surface area contributed by atoms with Gasteiger partial charge in [-0.15, -0.1) is 0 Å². The molecule has 3 amide bonds. The molecular weight excluding hydrogens is 394 g/mol. The zero-order valence-electron chi connectivity index (χ0n) is 16.2. The van der Waals surface area contributed by atoms with Gasteiger partial charge in [0.05, 0.1) is 23.3 Å². The quantitative estimate of drug-likeness (QED) is 0.695. The van der Waals surface area contributed by atoms with Crippen LogP contribution in [0.2, 0.25) is 0 Å². The number of benzene rings is 1. The van der Waals surface area contributed by atoms with Gasteiger partial charge in [0.25, 0.3) is 0 Å². The lowest BCUT2D eigenvalue weighted by Crippen LogP contribution is -2.53. The van der Waals surface area contributed by atoms with Gasteiger partial charge in [-0.3, -0.25) is 14.4 Å². The fourth-order valence-corrected chi connectivity index (χ4v) is 6.12. The number of hydrogen-bond acceptors (Lipinski definition) is 5. The van der Waals surface area contributed by atoms with Gasteiger partial charge in [0.2, 0.25) is 17.7 Å². The molecule has 3 saturated heterocycles.